The van der Waals surface area contributed by atoms with Crippen molar-refractivity contribution in [3.8, 4) is 11.3 Å². The first-order valence-electron chi connectivity index (χ1n) is 8.33. The third kappa shape index (κ3) is 4.12. The smallest absolute Gasteiger partial charge is 0.271 e. The van der Waals surface area contributed by atoms with Gasteiger partial charge in [0.25, 0.3) is 5.91 Å². The van der Waals surface area contributed by atoms with Crippen LogP contribution < -0.4 is 5.32 Å². The van der Waals surface area contributed by atoms with Gasteiger partial charge in [0, 0.05) is 18.7 Å². The molecule has 0 aliphatic heterocycles. The van der Waals surface area contributed by atoms with Crippen LogP contribution in [-0.4, -0.2) is 22.2 Å². The number of nitrogens with one attached hydrogen (secondary N) is 1. The van der Waals surface area contributed by atoms with E-state index in [0.717, 1.165) is 12.1 Å². The summed E-state index contributed by atoms with van der Waals surface area (Å²) in [5.41, 5.74) is 2.95. The summed E-state index contributed by atoms with van der Waals surface area (Å²) in [6.45, 7) is 3.08. The normalized spacial score (nSPS) is 10.6. The third-order valence-electron chi connectivity index (χ3n) is 3.97. The van der Waals surface area contributed by atoms with E-state index in [2.05, 4.69) is 10.4 Å². The Morgan fingerprint density at radius 3 is 2.64 bits per heavy atom. The standard InChI is InChI=1S/C20H20FN3O/c1-2-24-19(16-9-6-10-17(21)13-16)14-18(23-24)20(25)22-12-11-15-7-4-3-5-8-15/h3-10,13-14H,2,11-12H2,1H3,(H,22,25). The second-order valence-electron chi connectivity index (χ2n) is 5.73. The zero-order valence-corrected chi connectivity index (χ0v) is 14.1. The predicted molar refractivity (Wildman–Crippen MR) is 95.8 cm³/mol. The second-order valence-corrected chi connectivity index (χ2v) is 5.73. The summed E-state index contributed by atoms with van der Waals surface area (Å²) >= 11 is 0. The van der Waals surface area contributed by atoms with Crippen LogP contribution in [0.15, 0.2) is 60.7 Å². The average molecular weight is 337 g/mol. The van der Waals surface area contributed by atoms with Gasteiger partial charge in [-0.2, -0.15) is 5.10 Å². The van der Waals surface area contributed by atoms with E-state index in [9.17, 15) is 9.18 Å². The van der Waals surface area contributed by atoms with Gasteiger partial charge in [0.2, 0.25) is 0 Å². The van der Waals surface area contributed by atoms with Crippen LogP contribution in [0, 0.1) is 5.82 Å². The van der Waals surface area contributed by atoms with Crippen LogP contribution in [0.3, 0.4) is 0 Å². The molecule has 0 radical (unpaired) electrons. The largest absolute Gasteiger partial charge is 0.350 e. The van der Waals surface area contributed by atoms with Crippen LogP contribution >= 0.6 is 0 Å². The number of hydrogen-bond donors (Lipinski definition) is 1. The number of benzene rings is 2. The summed E-state index contributed by atoms with van der Waals surface area (Å²) in [5.74, 6) is -0.531. The number of carbonyl (C=O) groups excluding carboxylic acids is 1. The van der Waals surface area contributed by atoms with Crippen molar-refractivity contribution in [1.82, 2.24) is 15.1 Å². The molecule has 1 heterocycles. The number of aryl methyl sites for hydroxylation is 1. The molecule has 2 aromatic carbocycles. The van der Waals surface area contributed by atoms with Crippen molar-refractivity contribution >= 4 is 5.91 Å². The Labute approximate surface area is 146 Å². The molecule has 4 nitrogen and oxygen atoms in total. The highest BCUT2D eigenvalue weighted by Gasteiger charge is 2.15. The Morgan fingerprint density at radius 2 is 1.92 bits per heavy atom. The van der Waals surface area contributed by atoms with E-state index in [0.29, 0.717) is 24.3 Å². The minimum absolute atomic E-state index is 0.221. The molecule has 0 saturated heterocycles. The van der Waals surface area contributed by atoms with Crippen LogP contribution in [0.4, 0.5) is 4.39 Å². The van der Waals surface area contributed by atoms with Gasteiger partial charge in [-0.15, -0.1) is 0 Å². The number of hydrogen-bond acceptors (Lipinski definition) is 2. The molecule has 1 N–H and O–H groups in total. The van der Waals surface area contributed by atoms with E-state index in [1.54, 1.807) is 16.8 Å². The molecule has 1 aromatic heterocycles. The fourth-order valence-corrected chi connectivity index (χ4v) is 2.70. The Morgan fingerprint density at radius 1 is 1.12 bits per heavy atom. The Kier molecular flexibility index (Phi) is 5.23. The molecular weight excluding hydrogens is 317 g/mol. The van der Waals surface area contributed by atoms with Crippen LogP contribution in [0.5, 0.6) is 0 Å². The van der Waals surface area contributed by atoms with Gasteiger partial charge in [0.15, 0.2) is 5.69 Å². The lowest BCUT2D eigenvalue weighted by atomic mass is 10.1. The fraction of sp³-hybridized carbons (Fsp3) is 0.200. The number of carbonyl (C=O) groups is 1. The second kappa shape index (κ2) is 7.75. The summed E-state index contributed by atoms with van der Waals surface area (Å²) in [5, 5.41) is 7.23. The quantitative estimate of drug-likeness (QED) is 0.746. The molecule has 128 valence electrons. The maximum Gasteiger partial charge on any atom is 0.271 e. The van der Waals surface area contributed by atoms with Gasteiger partial charge in [-0.05, 0) is 37.1 Å². The molecule has 1 amide bonds. The highest BCUT2D eigenvalue weighted by atomic mass is 19.1. The molecule has 0 atom stereocenters. The molecule has 25 heavy (non-hydrogen) atoms. The van der Waals surface area contributed by atoms with E-state index < -0.39 is 0 Å². The van der Waals surface area contributed by atoms with Crippen LogP contribution in [0.1, 0.15) is 23.0 Å². The highest BCUT2D eigenvalue weighted by molar-refractivity contribution is 5.93. The van der Waals surface area contributed by atoms with Gasteiger partial charge in [-0.25, -0.2) is 4.39 Å². The Hall–Kier alpha value is -2.95. The van der Waals surface area contributed by atoms with Crippen molar-refractivity contribution in [2.24, 2.45) is 0 Å². The summed E-state index contributed by atoms with van der Waals surface area (Å²) < 4.78 is 15.2. The molecule has 5 heteroatoms. The van der Waals surface area contributed by atoms with Crippen molar-refractivity contribution in [3.05, 3.63) is 77.7 Å². The van der Waals surface area contributed by atoms with E-state index in [1.165, 1.54) is 17.7 Å². The molecule has 0 aliphatic rings. The maximum absolute atomic E-state index is 13.5. The highest BCUT2D eigenvalue weighted by Crippen LogP contribution is 2.21. The van der Waals surface area contributed by atoms with E-state index in [-0.39, 0.29) is 11.7 Å². The number of amides is 1. The van der Waals surface area contributed by atoms with Crippen LogP contribution in [-0.2, 0) is 13.0 Å². The molecule has 3 aromatic rings. The minimum atomic E-state index is -0.310. The zero-order chi connectivity index (χ0) is 17.6. The van der Waals surface area contributed by atoms with Gasteiger partial charge < -0.3 is 5.32 Å². The van der Waals surface area contributed by atoms with Crippen molar-refractivity contribution < 1.29 is 9.18 Å². The predicted octanol–water partition coefficient (Wildman–Crippen LogP) is 3.68. The minimum Gasteiger partial charge on any atom is -0.350 e. The number of rotatable bonds is 6. The maximum atomic E-state index is 13.5. The first-order chi connectivity index (χ1) is 12.2. The first-order valence-corrected chi connectivity index (χ1v) is 8.33. The van der Waals surface area contributed by atoms with Crippen molar-refractivity contribution in [2.75, 3.05) is 6.54 Å². The molecule has 3 rings (SSSR count). The van der Waals surface area contributed by atoms with Gasteiger partial charge in [-0.1, -0.05) is 42.5 Å². The molecule has 0 bridgehead atoms. The van der Waals surface area contributed by atoms with Gasteiger partial charge in [0.05, 0.1) is 5.69 Å². The lowest BCUT2D eigenvalue weighted by Crippen LogP contribution is -2.26. The molecule has 0 saturated carbocycles. The molecule has 0 fully saturated rings. The third-order valence-corrected chi connectivity index (χ3v) is 3.97. The Balaban J connectivity index is 1.71. The molecule has 0 unspecified atom stereocenters. The van der Waals surface area contributed by atoms with E-state index >= 15 is 0 Å². The van der Waals surface area contributed by atoms with Crippen molar-refractivity contribution in [1.29, 1.82) is 0 Å². The molecule has 0 spiro atoms. The number of nitrogens with zero attached hydrogens (tertiary/aromatic N) is 2. The average Bonchev–Trinajstić information content (AvgIpc) is 3.07. The van der Waals surface area contributed by atoms with Gasteiger partial charge in [0.1, 0.15) is 5.82 Å². The lowest BCUT2D eigenvalue weighted by molar-refractivity contribution is 0.0948. The SMILES string of the molecule is CCn1nc(C(=O)NCCc2ccccc2)cc1-c1cccc(F)c1. The van der Waals surface area contributed by atoms with Crippen LogP contribution in [0.25, 0.3) is 11.3 Å². The lowest BCUT2D eigenvalue weighted by Gasteiger charge is -2.04. The summed E-state index contributed by atoms with van der Waals surface area (Å²) in [4.78, 5) is 12.4. The summed E-state index contributed by atoms with van der Waals surface area (Å²) in [6, 6.07) is 18.0. The summed E-state index contributed by atoms with van der Waals surface area (Å²) in [6.07, 6.45) is 0.762. The molecular formula is C20H20FN3O. The van der Waals surface area contributed by atoms with Gasteiger partial charge in [-0.3, -0.25) is 9.48 Å². The topological polar surface area (TPSA) is 46.9 Å². The first kappa shape index (κ1) is 16.9. The van der Waals surface area contributed by atoms with Gasteiger partial charge >= 0.3 is 0 Å². The number of aromatic nitrogens is 2. The van der Waals surface area contributed by atoms with E-state index in [1.807, 2.05) is 43.3 Å². The Bertz CT molecular complexity index is 858. The van der Waals surface area contributed by atoms with Crippen LogP contribution in [0.2, 0.25) is 0 Å². The summed E-state index contributed by atoms with van der Waals surface area (Å²) in [7, 11) is 0. The van der Waals surface area contributed by atoms with Crippen molar-refractivity contribution in [2.45, 2.75) is 19.9 Å². The monoisotopic (exact) mass is 337 g/mol. The fourth-order valence-electron chi connectivity index (χ4n) is 2.70. The zero-order valence-electron chi connectivity index (χ0n) is 14.1. The number of halogens is 1. The molecule has 0 aliphatic carbocycles. The van der Waals surface area contributed by atoms with E-state index in [4.69, 9.17) is 0 Å². The van der Waals surface area contributed by atoms with Crippen molar-refractivity contribution in [3.63, 3.8) is 0 Å².